The number of ether oxygens (including phenoxy) is 2. The number of esters is 2. The lowest BCUT2D eigenvalue weighted by Gasteiger charge is -2.25. The van der Waals surface area contributed by atoms with Gasteiger partial charge in [-0.05, 0) is 51.6 Å². The van der Waals surface area contributed by atoms with Crippen molar-refractivity contribution in [2.75, 3.05) is 20.8 Å². The summed E-state index contributed by atoms with van der Waals surface area (Å²) in [5, 5.41) is 14.8. The fourth-order valence-corrected chi connectivity index (χ4v) is 3.53. The maximum atomic E-state index is 12.9. The van der Waals surface area contributed by atoms with Crippen molar-refractivity contribution in [1.29, 1.82) is 0 Å². The average molecular weight is 598 g/mol. The molecule has 0 spiro atoms. The second kappa shape index (κ2) is 12.9. The number of nitrogens with one attached hydrogen (secondary N) is 3. The minimum Gasteiger partial charge on any atom is -0.467 e. The van der Waals surface area contributed by atoms with Gasteiger partial charge in [-0.25, -0.2) is 24.7 Å². The maximum Gasteiger partial charge on any atom is 0.328 e. The van der Waals surface area contributed by atoms with Crippen molar-refractivity contribution in [1.82, 2.24) is 16.1 Å². The first-order valence-electron chi connectivity index (χ1n) is 9.23. The van der Waals surface area contributed by atoms with Gasteiger partial charge in [-0.3, -0.25) is 9.59 Å². The lowest BCUT2D eigenvalue weighted by Crippen LogP contribution is -2.44. The van der Waals surface area contributed by atoms with Gasteiger partial charge in [0.25, 0.3) is 5.96 Å². The summed E-state index contributed by atoms with van der Waals surface area (Å²) in [5.74, 6) is -3.07. The number of carbonyl (C=O) groups is 4. The zero-order chi connectivity index (χ0) is 25.3. The third kappa shape index (κ3) is 7.81. The first kappa shape index (κ1) is 28.0. The number of hydrogen-bond donors (Lipinski definition) is 4. The molecule has 0 aromatic heterocycles. The number of nitrogens with two attached hydrogens (primary N) is 1. The summed E-state index contributed by atoms with van der Waals surface area (Å²) in [6.45, 7) is 1.49. The molecule has 0 fully saturated rings. The number of hydrogen-bond acceptors (Lipinski definition) is 11. The van der Waals surface area contributed by atoms with Gasteiger partial charge < -0.3 is 25.8 Å². The van der Waals surface area contributed by atoms with E-state index in [0.717, 1.165) is 7.11 Å². The Balaban J connectivity index is 2.99. The fourth-order valence-electron chi connectivity index (χ4n) is 2.55. The molecule has 0 saturated heterocycles. The molecule has 1 aliphatic carbocycles. The molecule has 0 aromatic carbocycles. The van der Waals surface area contributed by atoms with Gasteiger partial charge in [0.15, 0.2) is 5.03 Å². The highest BCUT2D eigenvalue weighted by Crippen LogP contribution is 2.30. The number of rotatable bonds is 11. The van der Waals surface area contributed by atoms with Crippen LogP contribution in [0.4, 0.5) is 0 Å². The summed E-state index contributed by atoms with van der Waals surface area (Å²) in [6, 6.07) is -1.96. The Morgan fingerprint density at radius 1 is 1.09 bits per heavy atom. The van der Waals surface area contributed by atoms with Gasteiger partial charge in [0.05, 0.1) is 23.2 Å². The van der Waals surface area contributed by atoms with Gasteiger partial charge in [-0.15, -0.1) is 0 Å². The Kier molecular flexibility index (Phi) is 10.9. The summed E-state index contributed by atoms with van der Waals surface area (Å²) in [4.78, 5) is 63.5. The van der Waals surface area contributed by atoms with Crippen molar-refractivity contribution in [3.8, 4) is 0 Å². The van der Waals surface area contributed by atoms with Crippen LogP contribution in [0.3, 0.4) is 0 Å². The number of carbonyl (C=O) groups excluding carboxylic acids is 4. The van der Waals surface area contributed by atoms with Gasteiger partial charge in [-0.2, -0.15) is 0 Å². The number of allylic oxidation sites excluding steroid dienone is 2. The van der Waals surface area contributed by atoms with E-state index in [-0.39, 0.29) is 39.7 Å². The van der Waals surface area contributed by atoms with E-state index in [2.05, 4.69) is 52.2 Å². The molecule has 0 unspecified atom stereocenters. The first-order valence-corrected chi connectivity index (χ1v) is 10.8. The van der Waals surface area contributed by atoms with E-state index < -0.39 is 46.6 Å². The molecule has 0 bridgehead atoms. The fraction of sp³-hybridized carbons (Fsp3) is 0.471. The van der Waals surface area contributed by atoms with Crippen molar-refractivity contribution >= 4 is 61.3 Å². The van der Waals surface area contributed by atoms with Crippen LogP contribution in [0.1, 0.15) is 19.8 Å². The average Bonchev–Trinajstić information content (AvgIpc) is 2.77. The molecular weight excluding hydrogens is 576 g/mol. The van der Waals surface area contributed by atoms with Crippen LogP contribution >= 0.6 is 31.9 Å². The molecule has 0 heterocycles. The standard InChI is InChI=1S/C17H22Br2N6O8/c1-7(15(28)32-2)22-11-9(18)14(27)12(10(19)13(11)26)23-8(16(29)33-3)5-4-6-21-17(20)24-25(30)31/h7-8,22-23H,4-6H2,1-3H3,(H3,20,21,24)/t7-,8-/m0/s1. The predicted octanol–water partition coefficient (Wildman–Crippen LogP) is -0.490. The third-order valence-corrected chi connectivity index (χ3v) is 5.66. The molecule has 0 radical (unpaired) electrons. The van der Waals surface area contributed by atoms with Crippen LogP contribution < -0.4 is 21.8 Å². The SMILES string of the molecule is COC(=O)[C@H](C)NC1=C(Br)C(=O)C(N[C@@H](CCCN=C(N)N[N+](=O)[O-])C(=O)OC)=C(Br)C1=O. The van der Waals surface area contributed by atoms with Crippen molar-refractivity contribution in [2.24, 2.45) is 10.7 Å². The zero-order valence-corrected chi connectivity index (χ0v) is 20.9. The first-order chi connectivity index (χ1) is 15.4. The number of ketones is 2. The van der Waals surface area contributed by atoms with Gasteiger partial charge in [0.2, 0.25) is 11.6 Å². The molecule has 0 aliphatic heterocycles. The molecular formula is C17H22Br2N6O8. The molecule has 1 aliphatic rings. The number of methoxy groups -OCH3 is 2. The smallest absolute Gasteiger partial charge is 0.328 e. The molecule has 1 rings (SSSR count). The van der Waals surface area contributed by atoms with Crippen LogP contribution in [0, 0.1) is 10.1 Å². The molecule has 14 nitrogen and oxygen atoms in total. The molecule has 0 amide bonds. The number of nitrogens with zero attached hydrogens (tertiary/aromatic N) is 2. The zero-order valence-electron chi connectivity index (χ0n) is 17.8. The minimum atomic E-state index is -1.04. The molecule has 2 atom stereocenters. The van der Waals surface area contributed by atoms with Crippen LogP contribution in [0.5, 0.6) is 0 Å². The maximum absolute atomic E-state index is 12.9. The molecule has 182 valence electrons. The van der Waals surface area contributed by atoms with E-state index in [4.69, 9.17) is 10.5 Å². The quantitative estimate of drug-likeness (QED) is 0.0453. The summed E-state index contributed by atoms with van der Waals surface area (Å²) < 4.78 is 9.01. The Labute approximate surface area is 204 Å². The highest BCUT2D eigenvalue weighted by atomic mass is 79.9. The number of hydrazine groups is 1. The molecule has 0 saturated carbocycles. The van der Waals surface area contributed by atoms with Crippen LogP contribution in [-0.4, -0.2) is 67.3 Å². The highest BCUT2D eigenvalue weighted by Gasteiger charge is 2.36. The van der Waals surface area contributed by atoms with Crippen LogP contribution in [0.15, 0.2) is 25.4 Å². The van der Waals surface area contributed by atoms with E-state index in [1.54, 1.807) is 5.43 Å². The molecule has 33 heavy (non-hydrogen) atoms. The summed E-state index contributed by atoms with van der Waals surface area (Å²) in [5.41, 5.74) is 6.64. The van der Waals surface area contributed by atoms with Crippen molar-refractivity contribution < 1.29 is 33.7 Å². The number of Topliss-reactive ketones (excluding diaryl/α,β-unsaturated/α-hetero) is 2. The third-order valence-electron chi connectivity index (χ3n) is 4.15. The van der Waals surface area contributed by atoms with E-state index in [1.165, 1.54) is 14.0 Å². The van der Waals surface area contributed by atoms with Crippen molar-refractivity contribution in [3.63, 3.8) is 0 Å². The normalized spacial score (nSPS) is 16.2. The molecule has 0 aromatic rings. The Morgan fingerprint density at radius 2 is 1.61 bits per heavy atom. The highest BCUT2D eigenvalue weighted by molar-refractivity contribution is 9.12. The van der Waals surface area contributed by atoms with Crippen molar-refractivity contribution in [3.05, 3.63) is 30.5 Å². The molecule has 5 N–H and O–H groups in total. The number of guanidine groups is 1. The summed E-state index contributed by atoms with van der Waals surface area (Å²) in [7, 11) is 2.33. The topological polar surface area (TPSA) is 204 Å². The lowest BCUT2D eigenvalue weighted by atomic mass is 10.0. The minimum absolute atomic E-state index is 0.0397. The Bertz CT molecular complexity index is 932. The number of nitro groups is 1. The van der Waals surface area contributed by atoms with E-state index in [9.17, 15) is 29.3 Å². The monoisotopic (exact) mass is 596 g/mol. The van der Waals surface area contributed by atoms with Gasteiger partial charge in [0.1, 0.15) is 23.5 Å². The summed E-state index contributed by atoms with van der Waals surface area (Å²) >= 11 is 6.13. The lowest BCUT2D eigenvalue weighted by molar-refractivity contribution is -0.525. The van der Waals surface area contributed by atoms with E-state index >= 15 is 0 Å². The van der Waals surface area contributed by atoms with Gasteiger partial charge >= 0.3 is 11.9 Å². The molecule has 16 heteroatoms. The number of halogens is 2. The Hall–Kier alpha value is -3.01. The Morgan fingerprint density at radius 3 is 2.09 bits per heavy atom. The number of aliphatic imine (C=N–C) groups is 1. The summed E-state index contributed by atoms with van der Waals surface area (Å²) in [6.07, 6.45) is 0.333. The van der Waals surface area contributed by atoms with Crippen LogP contribution in [0.2, 0.25) is 0 Å². The van der Waals surface area contributed by atoms with E-state index in [0.29, 0.717) is 0 Å². The second-order valence-electron chi connectivity index (χ2n) is 6.42. The predicted molar refractivity (Wildman–Crippen MR) is 121 cm³/mol. The van der Waals surface area contributed by atoms with E-state index in [1.807, 2.05) is 0 Å². The van der Waals surface area contributed by atoms with Crippen molar-refractivity contribution in [2.45, 2.75) is 31.8 Å². The van der Waals surface area contributed by atoms with Gasteiger partial charge in [-0.1, -0.05) is 5.43 Å². The van der Waals surface area contributed by atoms with Crippen LogP contribution in [0.25, 0.3) is 0 Å². The van der Waals surface area contributed by atoms with Crippen LogP contribution in [-0.2, 0) is 28.7 Å². The second-order valence-corrected chi connectivity index (χ2v) is 8.01. The van der Waals surface area contributed by atoms with Gasteiger partial charge in [0, 0.05) is 6.54 Å². The largest absolute Gasteiger partial charge is 0.467 e.